The Morgan fingerprint density at radius 2 is 1.96 bits per heavy atom. The number of hydrogen-bond donors (Lipinski definition) is 2. The van der Waals surface area contributed by atoms with Gasteiger partial charge in [0.15, 0.2) is 0 Å². The number of aromatic amines is 1. The van der Waals surface area contributed by atoms with Gasteiger partial charge in [-0.25, -0.2) is 9.78 Å². The molecular weight excluding hydrogens is 360 g/mol. The molecule has 0 aliphatic carbocycles. The van der Waals surface area contributed by atoms with Crippen molar-refractivity contribution in [3.05, 3.63) is 70.1 Å². The lowest BCUT2D eigenvalue weighted by atomic mass is 10.2. The molecule has 136 valence electrons. The predicted octanol–water partition coefficient (Wildman–Crippen LogP) is 3.54. The third-order valence-electron chi connectivity index (χ3n) is 4.13. The number of benzene rings is 2. The third-order valence-corrected chi connectivity index (χ3v) is 4.93. The second-order valence-corrected chi connectivity index (χ2v) is 6.82. The molecule has 0 saturated carbocycles. The van der Waals surface area contributed by atoms with E-state index in [2.05, 4.69) is 25.3 Å². The van der Waals surface area contributed by atoms with Crippen molar-refractivity contribution in [3.63, 3.8) is 0 Å². The molecule has 2 N–H and O–H groups in total. The summed E-state index contributed by atoms with van der Waals surface area (Å²) in [4.78, 5) is 29.6. The van der Waals surface area contributed by atoms with E-state index >= 15 is 0 Å². The van der Waals surface area contributed by atoms with Crippen molar-refractivity contribution in [2.45, 2.75) is 13.5 Å². The van der Waals surface area contributed by atoms with Crippen LogP contribution in [0.4, 0.5) is 17.6 Å². The maximum Gasteiger partial charge on any atom is 0.351 e. The molecule has 0 fully saturated rings. The summed E-state index contributed by atoms with van der Waals surface area (Å²) < 4.78 is 1.07. The van der Waals surface area contributed by atoms with E-state index in [1.54, 1.807) is 16.8 Å². The maximum absolute atomic E-state index is 12.1. The SMILES string of the molecule is CCN(Cc1ccccc1)c1nc(Nc2cccc3scnc23)[nH]c(=O)n1. The molecule has 2 aromatic carbocycles. The molecule has 0 unspecified atom stereocenters. The van der Waals surface area contributed by atoms with Gasteiger partial charge >= 0.3 is 5.69 Å². The Morgan fingerprint density at radius 1 is 1.11 bits per heavy atom. The molecule has 0 atom stereocenters. The number of anilines is 3. The number of hydrogen-bond acceptors (Lipinski definition) is 7. The molecule has 4 rings (SSSR count). The quantitative estimate of drug-likeness (QED) is 0.534. The van der Waals surface area contributed by atoms with Gasteiger partial charge in [0.05, 0.1) is 15.9 Å². The highest BCUT2D eigenvalue weighted by Crippen LogP contribution is 2.26. The molecule has 0 bridgehead atoms. The van der Waals surface area contributed by atoms with Gasteiger partial charge in [0.1, 0.15) is 5.52 Å². The van der Waals surface area contributed by atoms with E-state index in [0.717, 1.165) is 21.5 Å². The van der Waals surface area contributed by atoms with Crippen LogP contribution in [0.25, 0.3) is 10.2 Å². The molecule has 0 aliphatic heterocycles. The van der Waals surface area contributed by atoms with Gasteiger partial charge in [0.2, 0.25) is 11.9 Å². The van der Waals surface area contributed by atoms with E-state index in [4.69, 9.17) is 0 Å². The van der Waals surface area contributed by atoms with Crippen LogP contribution in [0.3, 0.4) is 0 Å². The van der Waals surface area contributed by atoms with Gasteiger partial charge in [0.25, 0.3) is 0 Å². The topological polar surface area (TPSA) is 86.8 Å². The number of rotatable bonds is 6. The molecule has 27 heavy (non-hydrogen) atoms. The lowest BCUT2D eigenvalue weighted by molar-refractivity contribution is 0.778. The van der Waals surface area contributed by atoms with E-state index in [-0.39, 0.29) is 0 Å². The highest BCUT2D eigenvalue weighted by Gasteiger charge is 2.12. The Bertz CT molecular complexity index is 1110. The van der Waals surface area contributed by atoms with E-state index in [9.17, 15) is 4.79 Å². The van der Waals surface area contributed by atoms with Gasteiger partial charge in [-0.3, -0.25) is 4.98 Å². The predicted molar refractivity (Wildman–Crippen MR) is 109 cm³/mol. The summed E-state index contributed by atoms with van der Waals surface area (Å²) in [6, 6.07) is 15.9. The van der Waals surface area contributed by atoms with Crippen molar-refractivity contribution < 1.29 is 0 Å². The van der Waals surface area contributed by atoms with Gasteiger partial charge in [-0.1, -0.05) is 36.4 Å². The highest BCUT2D eigenvalue weighted by atomic mass is 32.1. The van der Waals surface area contributed by atoms with Gasteiger partial charge in [-0.15, -0.1) is 11.3 Å². The molecule has 2 heterocycles. The Kier molecular flexibility index (Phi) is 4.80. The lowest BCUT2D eigenvalue weighted by Gasteiger charge is -2.21. The van der Waals surface area contributed by atoms with E-state index in [0.29, 0.717) is 25.0 Å². The molecule has 7 nitrogen and oxygen atoms in total. The number of fused-ring (bicyclic) bond motifs is 1. The van der Waals surface area contributed by atoms with Crippen LogP contribution in [-0.2, 0) is 6.54 Å². The summed E-state index contributed by atoms with van der Waals surface area (Å²) in [5.74, 6) is 0.732. The molecular formula is C19H18N6OS. The van der Waals surface area contributed by atoms with Crippen molar-refractivity contribution in [1.29, 1.82) is 0 Å². The summed E-state index contributed by atoms with van der Waals surface area (Å²) in [5, 5.41) is 3.17. The minimum absolute atomic E-state index is 0.344. The minimum Gasteiger partial charge on any atom is -0.337 e. The maximum atomic E-state index is 12.1. The van der Waals surface area contributed by atoms with Crippen LogP contribution in [0.5, 0.6) is 0 Å². The Morgan fingerprint density at radius 3 is 2.78 bits per heavy atom. The fraction of sp³-hybridized carbons (Fsp3) is 0.158. The Labute approximate surface area is 159 Å². The molecule has 4 aromatic rings. The third kappa shape index (κ3) is 3.80. The molecule has 8 heteroatoms. The standard InChI is InChI=1S/C19H18N6OS/c1-2-25(11-13-7-4-3-5-8-13)18-22-17(23-19(26)24-18)21-14-9-6-10-15-16(14)20-12-27-15/h3-10,12H,2,11H2,1H3,(H2,21,22,23,24,26). The van der Waals surface area contributed by atoms with Crippen LogP contribution < -0.4 is 15.9 Å². The number of para-hydroxylation sites is 1. The molecule has 0 spiro atoms. The number of aromatic nitrogens is 4. The number of thiazole rings is 1. The van der Waals surface area contributed by atoms with Crippen LogP contribution in [0.15, 0.2) is 58.8 Å². The zero-order chi connectivity index (χ0) is 18.6. The van der Waals surface area contributed by atoms with E-state index in [1.807, 2.05) is 60.4 Å². The van der Waals surface area contributed by atoms with Crippen LogP contribution in [0.2, 0.25) is 0 Å². The largest absolute Gasteiger partial charge is 0.351 e. The second-order valence-electron chi connectivity index (χ2n) is 5.93. The number of H-pyrrole nitrogens is 1. The summed E-state index contributed by atoms with van der Waals surface area (Å²) in [5.41, 5.74) is 4.12. The normalized spacial score (nSPS) is 10.9. The average molecular weight is 378 g/mol. The average Bonchev–Trinajstić information content (AvgIpc) is 3.16. The summed E-state index contributed by atoms with van der Waals surface area (Å²) in [7, 11) is 0. The van der Waals surface area contributed by atoms with Crippen molar-refractivity contribution in [2.75, 3.05) is 16.8 Å². The number of nitrogens with zero attached hydrogens (tertiary/aromatic N) is 4. The summed E-state index contributed by atoms with van der Waals surface area (Å²) >= 11 is 1.56. The van der Waals surface area contributed by atoms with Crippen LogP contribution in [-0.4, -0.2) is 26.5 Å². The molecule has 0 aliphatic rings. The first-order chi connectivity index (χ1) is 13.2. The van der Waals surface area contributed by atoms with Crippen LogP contribution in [0, 0.1) is 0 Å². The molecule has 0 saturated heterocycles. The fourth-order valence-electron chi connectivity index (χ4n) is 2.82. The first-order valence-corrected chi connectivity index (χ1v) is 9.47. The first-order valence-electron chi connectivity index (χ1n) is 8.59. The highest BCUT2D eigenvalue weighted by molar-refractivity contribution is 7.16. The summed E-state index contributed by atoms with van der Waals surface area (Å²) in [6.45, 7) is 3.32. The van der Waals surface area contributed by atoms with Gasteiger partial charge in [0, 0.05) is 13.1 Å². The molecule has 0 radical (unpaired) electrons. The fourth-order valence-corrected chi connectivity index (χ4v) is 3.52. The zero-order valence-corrected chi connectivity index (χ0v) is 15.5. The van der Waals surface area contributed by atoms with Gasteiger partial charge < -0.3 is 10.2 Å². The van der Waals surface area contributed by atoms with Crippen molar-refractivity contribution in [2.24, 2.45) is 0 Å². The Hall–Kier alpha value is -3.26. The molecule has 0 amide bonds. The Balaban J connectivity index is 1.64. The van der Waals surface area contributed by atoms with Crippen LogP contribution in [0.1, 0.15) is 12.5 Å². The second kappa shape index (κ2) is 7.55. The first kappa shape index (κ1) is 17.2. The van der Waals surface area contributed by atoms with Gasteiger partial charge in [-0.05, 0) is 24.6 Å². The zero-order valence-electron chi connectivity index (χ0n) is 14.7. The number of nitrogens with one attached hydrogen (secondary N) is 2. The smallest absolute Gasteiger partial charge is 0.337 e. The van der Waals surface area contributed by atoms with Crippen molar-refractivity contribution >= 4 is 39.1 Å². The molecule has 2 aromatic heterocycles. The van der Waals surface area contributed by atoms with Gasteiger partial charge in [-0.2, -0.15) is 9.97 Å². The minimum atomic E-state index is -0.445. The monoisotopic (exact) mass is 378 g/mol. The summed E-state index contributed by atoms with van der Waals surface area (Å²) in [6.07, 6.45) is 0. The lowest BCUT2D eigenvalue weighted by Crippen LogP contribution is -2.28. The van der Waals surface area contributed by atoms with Crippen molar-refractivity contribution in [1.82, 2.24) is 19.9 Å². The van der Waals surface area contributed by atoms with Crippen LogP contribution >= 0.6 is 11.3 Å². The van der Waals surface area contributed by atoms with E-state index in [1.165, 1.54) is 0 Å². The van der Waals surface area contributed by atoms with E-state index < -0.39 is 5.69 Å². The van der Waals surface area contributed by atoms with Crippen molar-refractivity contribution in [3.8, 4) is 0 Å².